The van der Waals surface area contributed by atoms with E-state index < -0.39 is 6.10 Å². The highest BCUT2D eigenvalue weighted by molar-refractivity contribution is 5.41. The van der Waals surface area contributed by atoms with Crippen LogP contribution in [0.3, 0.4) is 0 Å². The van der Waals surface area contributed by atoms with Crippen LogP contribution in [0.2, 0.25) is 0 Å². The van der Waals surface area contributed by atoms with Crippen molar-refractivity contribution in [3.63, 3.8) is 0 Å². The number of nitrogens with zero attached hydrogens (tertiary/aromatic N) is 2. The molecular formula is C24H26N2O2. The number of hydrogen-bond donors (Lipinski definition) is 1. The summed E-state index contributed by atoms with van der Waals surface area (Å²) in [4.78, 5) is 6.51. The van der Waals surface area contributed by atoms with Gasteiger partial charge in [-0.25, -0.2) is 0 Å². The highest BCUT2D eigenvalue weighted by atomic mass is 16.5. The van der Waals surface area contributed by atoms with Crippen LogP contribution in [0.4, 0.5) is 0 Å². The van der Waals surface area contributed by atoms with E-state index in [2.05, 4.69) is 48.0 Å². The number of aryl methyl sites for hydroxylation is 2. The Labute approximate surface area is 166 Å². The first-order valence-corrected chi connectivity index (χ1v) is 9.72. The van der Waals surface area contributed by atoms with Crippen molar-refractivity contribution >= 4 is 0 Å². The molecule has 4 nitrogen and oxygen atoms in total. The maximum Gasteiger partial charge on any atom is 0.123 e. The number of ether oxygens (including phenoxy) is 1. The molecule has 2 aromatic carbocycles. The summed E-state index contributed by atoms with van der Waals surface area (Å²) in [7, 11) is 0. The second kappa shape index (κ2) is 8.13. The fourth-order valence-electron chi connectivity index (χ4n) is 3.66. The summed E-state index contributed by atoms with van der Waals surface area (Å²) >= 11 is 0. The molecule has 0 radical (unpaired) electrons. The number of pyridine rings is 1. The highest BCUT2D eigenvalue weighted by Crippen LogP contribution is 2.29. The maximum absolute atomic E-state index is 10.7. The van der Waals surface area contributed by atoms with Crippen LogP contribution in [0.25, 0.3) is 0 Å². The Morgan fingerprint density at radius 2 is 1.96 bits per heavy atom. The van der Waals surface area contributed by atoms with E-state index in [0.29, 0.717) is 6.61 Å². The Kier molecular flexibility index (Phi) is 5.42. The first-order chi connectivity index (χ1) is 13.6. The molecule has 1 atom stereocenters. The van der Waals surface area contributed by atoms with E-state index in [1.54, 1.807) is 12.4 Å². The van der Waals surface area contributed by atoms with E-state index >= 15 is 0 Å². The van der Waals surface area contributed by atoms with Crippen LogP contribution in [0, 0.1) is 13.8 Å². The van der Waals surface area contributed by atoms with Crippen molar-refractivity contribution in [3.05, 3.63) is 94.3 Å². The fourth-order valence-corrected chi connectivity index (χ4v) is 3.66. The second-order valence-electron chi connectivity index (χ2n) is 7.53. The monoisotopic (exact) mass is 374 g/mol. The van der Waals surface area contributed by atoms with Gasteiger partial charge in [0, 0.05) is 43.2 Å². The van der Waals surface area contributed by atoms with Crippen LogP contribution in [0.15, 0.2) is 60.9 Å². The molecule has 1 N–H and O–H groups in total. The lowest BCUT2D eigenvalue weighted by Crippen LogP contribution is -2.25. The van der Waals surface area contributed by atoms with Gasteiger partial charge in [-0.15, -0.1) is 0 Å². The van der Waals surface area contributed by atoms with Crippen molar-refractivity contribution in [2.24, 2.45) is 0 Å². The van der Waals surface area contributed by atoms with Crippen LogP contribution < -0.4 is 4.74 Å². The molecule has 28 heavy (non-hydrogen) atoms. The third-order valence-corrected chi connectivity index (χ3v) is 5.44. The topological polar surface area (TPSA) is 45.6 Å². The highest BCUT2D eigenvalue weighted by Gasteiger charge is 2.19. The molecule has 0 fully saturated rings. The minimum atomic E-state index is -0.685. The number of benzene rings is 2. The third-order valence-electron chi connectivity index (χ3n) is 5.44. The summed E-state index contributed by atoms with van der Waals surface area (Å²) < 4.78 is 5.96. The van der Waals surface area contributed by atoms with Gasteiger partial charge in [0.2, 0.25) is 0 Å². The standard InChI is InChI=1S/C24H26N2O2/c1-17-5-6-19(12-18(17)2)15-26-10-11-28-23-8-7-20(13-22(23)16-26)24(27)21-4-3-9-25-14-21/h3-9,12-14,24,27H,10-11,15-16H2,1-2H3/t24-/m0/s1. The van der Waals surface area contributed by atoms with Crippen molar-refractivity contribution in [2.45, 2.75) is 33.0 Å². The average molecular weight is 374 g/mol. The van der Waals surface area contributed by atoms with E-state index in [4.69, 9.17) is 4.74 Å². The van der Waals surface area contributed by atoms with Crippen molar-refractivity contribution < 1.29 is 9.84 Å². The van der Waals surface area contributed by atoms with Crippen LogP contribution in [-0.4, -0.2) is 28.1 Å². The predicted molar refractivity (Wildman–Crippen MR) is 110 cm³/mol. The molecule has 144 valence electrons. The van der Waals surface area contributed by atoms with Crippen molar-refractivity contribution in [3.8, 4) is 5.75 Å². The molecule has 1 aliphatic rings. The van der Waals surface area contributed by atoms with Gasteiger partial charge in [0.15, 0.2) is 0 Å². The molecule has 0 amide bonds. The lowest BCUT2D eigenvalue weighted by molar-refractivity contribution is 0.218. The summed E-state index contributed by atoms with van der Waals surface area (Å²) in [5.41, 5.74) is 6.74. The summed E-state index contributed by atoms with van der Waals surface area (Å²) in [6, 6.07) is 16.4. The molecule has 0 saturated heterocycles. The third kappa shape index (κ3) is 4.08. The van der Waals surface area contributed by atoms with Crippen molar-refractivity contribution in [2.75, 3.05) is 13.2 Å². The smallest absolute Gasteiger partial charge is 0.123 e. The predicted octanol–water partition coefficient (Wildman–Crippen LogP) is 4.17. The number of aliphatic hydroxyl groups excluding tert-OH is 1. The molecule has 0 saturated carbocycles. The summed E-state index contributed by atoms with van der Waals surface area (Å²) in [6.07, 6.45) is 2.74. The molecule has 1 aromatic heterocycles. The van der Waals surface area contributed by atoms with Gasteiger partial charge in [0.05, 0.1) is 0 Å². The fraction of sp³-hybridized carbons (Fsp3) is 0.292. The summed E-state index contributed by atoms with van der Waals surface area (Å²) in [6.45, 7) is 7.54. The average Bonchev–Trinajstić information content (AvgIpc) is 2.92. The van der Waals surface area contributed by atoms with Crippen LogP contribution >= 0.6 is 0 Å². The minimum absolute atomic E-state index is 0.669. The Balaban J connectivity index is 1.55. The quantitative estimate of drug-likeness (QED) is 0.744. The van der Waals surface area contributed by atoms with Gasteiger partial charge < -0.3 is 9.84 Å². The Bertz CT molecular complexity index is 956. The van der Waals surface area contributed by atoms with E-state index in [1.807, 2.05) is 24.3 Å². The minimum Gasteiger partial charge on any atom is -0.492 e. The summed E-state index contributed by atoms with van der Waals surface area (Å²) in [5, 5.41) is 10.7. The first-order valence-electron chi connectivity index (χ1n) is 9.72. The van der Waals surface area contributed by atoms with Gasteiger partial charge in [-0.1, -0.05) is 30.3 Å². The molecule has 2 heterocycles. The van der Waals surface area contributed by atoms with Gasteiger partial charge in [-0.05, 0) is 54.3 Å². The number of fused-ring (bicyclic) bond motifs is 1. The number of aromatic nitrogens is 1. The second-order valence-corrected chi connectivity index (χ2v) is 7.53. The van der Waals surface area contributed by atoms with Crippen molar-refractivity contribution in [1.29, 1.82) is 0 Å². The molecule has 0 aliphatic carbocycles. The molecule has 0 unspecified atom stereocenters. The van der Waals surface area contributed by atoms with Crippen molar-refractivity contribution in [1.82, 2.24) is 9.88 Å². The molecule has 4 rings (SSSR count). The number of aliphatic hydroxyl groups is 1. The number of hydrogen-bond acceptors (Lipinski definition) is 4. The van der Waals surface area contributed by atoms with Gasteiger partial charge in [0.1, 0.15) is 18.5 Å². The van der Waals surface area contributed by atoms with Gasteiger partial charge in [-0.2, -0.15) is 0 Å². The SMILES string of the molecule is Cc1ccc(CN2CCOc3ccc([C@H](O)c4cccnc4)cc3C2)cc1C. The van der Waals surface area contributed by atoms with E-state index in [1.165, 1.54) is 16.7 Å². The Morgan fingerprint density at radius 1 is 1.07 bits per heavy atom. The zero-order valence-corrected chi connectivity index (χ0v) is 16.4. The van der Waals surface area contributed by atoms with Crippen LogP contribution in [-0.2, 0) is 13.1 Å². The first kappa shape index (κ1) is 18.7. The maximum atomic E-state index is 10.7. The largest absolute Gasteiger partial charge is 0.492 e. The molecular weight excluding hydrogens is 348 g/mol. The number of rotatable bonds is 4. The van der Waals surface area contributed by atoms with E-state index in [-0.39, 0.29) is 0 Å². The molecule has 0 spiro atoms. The molecule has 0 bridgehead atoms. The molecule has 4 heteroatoms. The zero-order valence-electron chi connectivity index (χ0n) is 16.4. The molecule has 3 aromatic rings. The van der Waals surface area contributed by atoms with Gasteiger partial charge in [-0.3, -0.25) is 9.88 Å². The van der Waals surface area contributed by atoms with E-state index in [0.717, 1.165) is 42.1 Å². The zero-order chi connectivity index (χ0) is 19.5. The van der Waals surface area contributed by atoms with Gasteiger partial charge in [0.25, 0.3) is 0 Å². The lowest BCUT2D eigenvalue weighted by atomic mass is 10.00. The van der Waals surface area contributed by atoms with E-state index in [9.17, 15) is 5.11 Å². The molecule has 1 aliphatic heterocycles. The lowest BCUT2D eigenvalue weighted by Gasteiger charge is -2.20. The summed E-state index contributed by atoms with van der Waals surface area (Å²) in [5.74, 6) is 0.907. The van der Waals surface area contributed by atoms with Gasteiger partial charge >= 0.3 is 0 Å². The van der Waals surface area contributed by atoms with Crippen LogP contribution in [0.1, 0.15) is 39.5 Å². The van der Waals surface area contributed by atoms with Crippen LogP contribution in [0.5, 0.6) is 5.75 Å². The Morgan fingerprint density at radius 3 is 2.75 bits per heavy atom. The normalized spacial score (nSPS) is 15.4. The Hall–Kier alpha value is -2.69.